The summed E-state index contributed by atoms with van der Waals surface area (Å²) in [4.78, 5) is 37.1. The van der Waals surface area contributed by atoms with E-state index in [0.29, 0.717) is 21.8 Å². The molecule has 1 fully saturated rings. The number of ether oxygens (including phenoxy) is 2. The molecule has 0 unspecified atom stereocenters. The van der Waals surface area contributed by atoms with Crippen LogP contribution in [0.4, 0.5) is 0 Å². The van der Waals surface area contributed by atoms with E-state index in [1.807, 2.05) is 6.07 Å². The summed E-state index contributed by atoms with van der Waals surface area (Å²) in [5.41, 5.74) is 1.04. The highest BCUT2D eigenvalue weighted by molar-refractivity contribution is 14.1. The Morgan fingerprint density at radius 1 is 1.23 bits per heavy atom. The van der Waals surface area contributed by atoms with Gasteiger partial charge in [0.15, 0.2) is 11.5 Å². The van der Waals surface area contributed by atoms with Gasteiger partial charge in [0.1, 0.15) is 10.9 Å². The maximum Gasteiger partial charge on any atom is 0.344 e. The van der Waals surface area contributed by atoms with Crippen LogP contribution in [0.15, 0.2) is 47.4 Å². The molecular formula is C20H14INO6S2. The fraction of sp³-hybridized carbons (Fsp3) is 0.100. The zero-order valence-corrected chi connectivity index (χ0v) is 19.2. The Kier molecular flexibility index (Phi) is 7.10. The van der Waals surface area contributed by atoms with E-state index in [1.165, 1.54) is 7.11 Å². The first-order valence-electron chi connectivity index (χ1n) is 8.42. The first-order valence-corrected chi connectivity index (χ1v) is 10.7. The highest BCUT2D eigenvalue weighted by Crippen LogP contribution is 2.35. The van der Waals surface area contributed by atoms with Crippen LogP contribution in [0.3, 0.4) is 0 Å². The lowest BCUT2D eigenvalue weighted by molar-refractivity contribution is -0.140. The molecule has 0 atom stereocenters. The molecule has 2 aromatic rings. The number of esters is 1. The average Bonchev–Trinajstić information content (AvgIpc) is 2.96. The minimum Gasteiger partial charge on any atom is -0.493 e. The number of methoxy groups -OCH3 is 1. The number of carboxylic acids is 1. The number of carbonyl (C=O) groups is 3. The standard InChI is InChI=1S/C20H14INO6S2/c1-27-15-8-11(9-16-18(25)22(10-17(23)24)20(29)30-16)6-7-14(15)28-19(26)12-4-2-3-5-13(12)21/h2-9H,10H2,1H3,(H,23,24)/b16-9+. The molecule has 1 aliphatic rings. The molecule has 3 rings (SSSR count). The van der Waals surface area contributed by atoms with Gasteiger partial charge in [-0.3, -0.25) is 14.5 Å². The van der Waals surface area contributed by atoms with Crippen molar-refractivity contribution in [3.63, 3.8) is 0 Å². The summed E-state index contributed by atoms with van der Waals surface area (Å²) in [6, 6.07) is 11.9. The average molecular weight is 555 g/mol. The van der Waals surface area contributed by atoms with Gasteiger partial charge in [0.05, 0.1) is 17.6 Å². The van der Waals surface area contributed by atoms with E-state index in [2.05, 4.69) is 22.6 Å². The van der Waals surface area contributed by atoms with E-state index in [-0.39, 0.29) is 10.1 Å². The predicted octanol–water partition coefficient (Wildman–Crippen LogP) is 3.80. The molecule has 1 aliphatic heterocycles. The van der Waals surface area contributed by atoms with Gasteiger partial charge in [-0.15, -0.1) is 0 Å². The van der Waals surface area contributed by atoms with Gasteiger partial charge in [0.25, 0.3) is 5.91 Å². The zero-order valence-electron chi connectivity index (χ0n) is 15.5. The normalized spacial score (nSPS) is 14.9. The lowest BCUT2D eigenvalue weighted by Gasteiger charge is -2.11. The number of halogens is 1. The van der Waals surface area contributed by atoms with Gasteiger partial charge in [-0.25, -0.2) is 4.79 Å². The Balaban J connectivity index is 1.82. The maximum absolute atomic E-state index is 12.5. The minimum absolute atomic E-state index is 0.184. The van der Waals surface area contributed by atoms with Gasteiger partial charge in [-0.05, 0) is 58.5 Å². The van der Waals surface area contributed by atoms with E-state index in [4.69, 9.17) is 26.8 Å². The summed E-state index contributed by atoms with van der Waals surface area (Å²) in [6.07, 6.45) is 1.58. The van der Waals surface area contributed by atoms with E-state index in [9.17, 15) is 14.4 Å². The van der Waals surface area contributed by atoms with Gasteiger partial charge >= 0.3 is 11.9 Å². The Morgan fingerprint density at radius 3 is 2.63 bits per heavy atom. The van der Waals surface area contributed by atoms with E-state index < -0.39 is 24.4 Å². The summed E-state index contributed by atoms with van der Waals surface area (Å²) in [5, 5.41) is 8.92. The number of thioether (sulfide) groups is 1. The Morgan fingerprint density at radius 2 is 1.97 bits per heavy atom. The Labute approximate surface area is 195 Å². The van der Waals surface area contributed by atoms with Crippen molar-refractivity contribution < 1.29 is 29.0 Å². The molecule has 0 radical (unpaired) electrons. The van der Waals surface area contributed by atoms with E-state index in [1.54, 1.807) is 42.5 Å². The highest BCUT2D eigenvalue weighted by Gasteiger charge is 2.33. The van der Waals surface area contributed by atoms with Gasteiger partial charge in [0, 0.05) is 3.57 Å². The first kappa shape index (κ1) is 22.2. The number of hydrogen-bond donors (Lipinski definition) is 1. The number of aliphatic carboxylic acids is 1. The molecule has 0 aromatic heterocycles. The molecule has 7 nitrogen and oxygen atoms in total. The second-order valence-electron chi connectivity index (χ2n) is 5.94. The molecule has 0 aliphatic carbocycles. The van der Waals surface area contributed by atoms with Crippen molar-refractivity contribution in [1.82, 2.24) is 4.90 Å². The summed E-state index contributed by atoms with van der Waals surface area (Å²) in [5.74, 6) is -1.59. The van der Waals surface area contributed by atoms with Crippen LogP contribution >= 0.6 is 46.6 Å². The molecule has 1 amide bonds. The van der Waals surface area contributed by atoms with E-state index in [0.717, 1.165) is 20.2 Å². The summed E-state index contributed by atoms with van der Waals surface area (Å²) < 4.78 is 11.7. The van der Waals surface area contributed by atoms with Crippen LogP contribution < -0.4 is 9.47 Å². The molecule has 0 saturated carbocycles. The Bertz CT molecular complexity index is 1080. The molecule has 0 spiro atoms. The SMILES string of the molecule is COc1cc(/C=C2/SC(=S)N(CC(=O)O)C2=O)ccc1OC(=O)c1ccccc1I. The molecule has 2 aromatic carbocycles. The fourth-order valence-electron chi connectivity index (χ4n) is 2.56. The fourth-order valence-corrected chi connectivity index (χ4v) is 4.43. The third kappa shape index (κ3) is 4.99. The molecule has 10 heteroatoms. The molecule has 1 saturated heterocycles. The number of benzene rings is 2. The van der Waals surface area contributed by atoms with Crippen LogP contribution in [0, 0.1) is 3.57 Å². The first-order chi connectivity index (χ1) is 14.3. The number of thiocarbonyl (C=S) groups is 1. The monoisotopic (exact) mass is 555 g/mol. The van der Waals surface area contributed by atoms with Crippen LogP contribution in [0.25, 0.3) is 6.08 Å². The van der Waals surface area contributed by atoms with Gasteiger partial charge in [-0.1, -0.05) is 42.2 Å². The molecule has 0 bridgehead atoms. The Hall–Kier alpha value is -2.44. The van der Waals surface area contributed by atoms with Crippen molar-refractivity contribution in [3.05, 3.63) is 62.1 Å². The second-order valence-corrected chi connectivity index (χ2v) is 8.78. The smallest absolute Gasteiger partial charge is 0.344 e. The largest absolute Gasteiger partial charge is 0.493 e. The number of amides is 1. The maximum atomic E-state index is 12.5. The van der Waals surface area contributed by atoms with Crippen molar-refractivity contribution in [3.8, 4) is 11.5 Å². The summed E-state index contributed by atoms with van der Waals surface area (Å²) in [6.45, 7) is -0.488. The number of rotatable bonds is 6. The van der Waals surface area contributed by atoms with Crippen LogP contribution in [0.1, 0.15) is 15.9 Å². The molecule has 30 heavy (non-hydrogen) atoms. The highest BCUT2D eigenvalue weighted by atomic mass is 127. The van der Waals surface area contributed by atoms with Crippen molar-refractivity contribution in [2.45, 2.75) is 0 Å². The van der Waals surface area contributed by atoms with Crippen LogP contribution in [-0.4, -0.2) is 45.8 Å². The lowest BCUT2D eigenvalue weighted by Crippen LogP contribution is -2.33. The summed E-state index contributed by atoms with van der Waals surface area (Å²) in [7, 11) is 1.44. The van der Waals surface area contributed by atoms with Crippen molar-refractivity contribution in [2.24, 2.45) is 0 Å². The molecule has 154 valence electrons. The number of carboxylic acid groups (broad SMARTS) is 1. The zero-order chi connectivity index (χ0) is 21.8. The molecule has 1 heterocycles. The quantitative estimate of drug-likeness (QED) is 0.189. The van der Waals surface area contributed by atoms with Crippen molar-refractivity contribution in [2.75, 3.05) is 13.7 Å². The summed E-state index contributed by atoms with van der Waals surface area (Å²) >= 11 is 8.16. The van der Waals surface area contributed by atoms with Crippen LogP contribution in [0.2, 0.25) is 0 Å². The minimum atomic E-state index is -1.14. The van der Waals surface area contributed by atoms with Crippen molar-refractivity contribution in [1.29, 1.82) is 0 Å². The van der Waals surface area contributed by atoms with Gasteiger partial charge in [0.2, 0.25) is 0 Å². The predicted molar refractivity (Wildman–Crippen MR) is 125 cm³/mol. The lowest BCUT2D eigenvalue weighted by atomic mass is 10.1. The van der Waals surface area contributed by atoms with Gasteiger partial charge < -0.3 is 14.6 Å². The number of carbonyl (C=O) groups excluding carboxylic acids is 2. The van der Waals surface area contributed by atoms with Gasteiger partial charge in [-0.2, -0.15) is 0 Å². The third-order valence-electron chi connectivity index (χ3n) is 3.95. The van der Waals surface area contributed by atoms with Crippen LogP contribution in [-0.2, 0) is 9.59 Å². The third-order valence-corrected chi connectivity index (χ3v) is 6.27. The molecular weight excluding hydrogens is 541 g/mol. The van der Waals surface area contributed by atoms with E-state index >= 15 is 0 Å². The molecule has 1 N–H and O–H groups in total. The number of nitrogens with zero attached hydrogens (tertiary/aromatic N) is 1. The number of hydrogen-bond acceptors (Lipinski definition) is 7. The van der Waals surface area contributed by atoms with Crippen molar-refractivity contribution >= 4 is 74.8 Å². The second kappa shape index (κ2) is 9.58. The van der Waals surface area contributed by atoms with Crippen LogP contribution in [0.5, 0.6) is 11.5 Å². The topological polar surface area (TPSA) is 93.1 Å².